The lowest BCUT2D eigenvalue weighted by Crippen LogP contribution is -2.55. The molecule has 0 aliphatic heterocycles. The standard InChI is InChI=1S/C16H27N/c1-3-5-15(17-4-2)16-9-12-6-13(10-16)8-14(7-12)11-16/h3,12-15,17H,1,4-11H2,2H3. The zero-order valence-corrected chi connectivity index (χ0v) is 11.3. The van der Waals surface area contributed by atoms with Crippen LogP contribution in [-0.4, -0.2) is 12.6 Å². The first-order valence-corrected chi connectivity index (χ1v) is 7.60. The van der Waals surface area contributed by atoms with Crippen molar-refractivity contribution in [1.82, 2.24) is 5.32 Å². The van der Waals surface area contributed by atoms with Crippen LogP contribution in [0.25, 0.3) is 0 Å². The van der Waals surface area contributed by atoms with Crippen molar-refractivity contribution in [1.29, 1.82) is 0 Å². The summed E-state index contributed by atoms with van der Waals surface area (Å²) in [6, 6.07) is 0.707. The summed E-state index contributed by atoms with van der Waals surface area (Å²) in [6.07, 6.45) is 12.5. The topological polar surface area (TPSA) is 12.0 Å². The average Bonchev–Trinajstić information content (AvgIpc) is 2.27. The van der Waals surface area contributed by atoms with Crippen LogP contribution in [0.2, 0.25) is 0 Å². The molecule has 4 aliphatic rings. The summed E-state index contributed by atoms with van der Waals surface area (Å²) in [7, 11) is 0. The van der Waals surface area contributed by atoms with Gasteiger partial charge in [0.1, 0.15) is 0 Å². The molecule has 4 aliphatic carbocycles. The molecule has 1 unspecified atom stereocenters. The first kappa shape index (κ1) is 11.8. The highest BCUT2D eigenvalue weighted by atomic mass is 14.9. The fourth-order valence-electron chi connectivity index (χ4n) is 5.57. The van der Waals surface area contributed by atoms with Crippen molar-refractivity contribution in [3.8, 4) is 0 Å². The van der Waals surface area contributed by atoms with Crippen molar-refractivity contribution in [2.24, 2.45) is 23.2 Å². The lowest BCUT2D eigenvalue weighted by molar-refractivity contribution is -0.0729. The van der Waals surface area contributed by atoms with Gasteiger partial charge in [-0.1, -0.05) is 13.0 Å². The van der Waals surface area contributed by atoms with Crippen LogP contribution < -0.4 is 5.32 Å². The lowest BCUT2D eigenvalue weighted by Gasteiger charge is -2.59. The Morgan fingerprint density at radius 1 is 1.18 bits per heavy atom. The van der Waals surface area contributed by atoms with Crippen molar-refractivity contribution in [3.05, 3.63) is 12.7 Å². The summed E-state index contributed by atoms with van der Waals surface area (Å²) in [4.78, 5) is 0. The third kappa shape index (κ3) is 1.97. The number of hydrogen-bond donors (Lipinski definition) is 1. The molecule has 0 aromatic carbocycles. The van der Waals surface area contributed by atoms with E-state index in [0.29, 0.717) is 11.5 Å². The van der Waals surface area contributed by atoms with E-state index >= 15 is 0 Å². The molecule has 1 nitrogen and oxygen atoms in total. The molecule has 17 heavy (non-hydrogen) atoms. The molecule has 0 radical (unpaired) electrons. The van der Waals surface area contributed by atoms with Crippen LogP contribution in [0.4, 0.5) is 0 Å². The molecule has 0 heterocycles. The van der Waals surface area contributed by atoms with E-state index in [1.807, 2.05) is 0 Å². The normalized spacial score (nSPS) is 44.9. The van der Waals surface area contributed by atoms with Crippen LogP contribution in [0.15, 0.2) is 12.7 Å². The molecule has 0 spiro atoms. The molecule has 1 atom stereocenters. The van der Waals surface area contributed by atoms with E-state index in [4.69, 9.17) is 0 Å². The minimum Gasteiger partial charge on any atom is -0.313 e. The van der Waals surface area contributed by atoms with E-state index in [0.717, 1.165) is 24.3 Å². The van der Waals surface area contributed by atoms with Crippen LogP contribution in [0, 0.1) is 23.2 Å². The maximum absolute atomic E-state index is 3.97. The maximum Gasteiger partial charge on any atom is 0.0158 e. The van der Waals surface area contributed by atoms with Gasteiger partial charge in [-0.3, -0.25) is 0 Å². The number of nitrogens with one attached hydrogen (secondary N) is 1. The predicted molar refractivity (Wildman–Crippen MR) is 72.9 cm³/mol. The quantitative estimate of drug-likeness (QED) is 0.713. The Bertz CT molecular complexity index is 259. The highest BCUT2D eigenvalue weighted by Gasteiger charge is 2.53. The summed E-state index contributed by atoms with van der Waals surface area (Å²) in [5.41, 5.74) is 0.638. The van der Waals surface area contributed by atoms with Gasteiger partial charge in [-0.15, -0.1) is 6.58 Å². The molecule has 96 valence electrons. The Balaban J connectivity index is 1.81. The van der Waals surface area contributed by atoms with Crippen molar-refractivity contribution in [2.75, 3.05) is 6.54 Å². The summed E-state index contributed by atoms with van der Waals surface area (Å²) in [5, 5.41) is 3.77. The Labute approximate surface area is 106 Å². The van der Waals surface area contributed by atoms with Crippen molar-refractivity contribution < 1.29 is 0 Å². The van der Waals surface area contributed by atoms with Gasteiger partial charge in [-0.05, 0) is 74.7 Å². The SMILES string of the molecule is C=CCC(NCC)C12CC3CC(CC(C3)C1)C2. The zero-order chi connectivity index (χ0) is 11.9. The molecule has 0 saturated heterocycles. The lowest BCUT2D eigenvalue weighted by atomic mass is 9.47. The predicted octanol–water partition coefficient (Wildman–Crippen LogP) is 3.76. The van der Waals surface area contributed by atoms with Crippen molar-refractivity contribution >= 4 is 0 Å². The van der Waals surface area contributed by atoms with E-state index in [1.54, 1.807) is 19.3 Å². The fourth-order valence-corrected chi connectivity index (χ4v) is 5.57. The summed E-state index contributed by atoms with van der Waals surface area (Å²) in [5.74, 6) is 3.19. The highest BCUT2D eigenvalue weighted by molar-refractivity contribution is 5.07. The molecule has 4 bridgehead atoms. The van der Waals surface area contributed by atoms with Crippen LogP contribution in [-0.2, 0) is 0 Å². The molecule has 1 N–H and O–H groups in total. The van der Waals surface area contributed by atoms with Crippen molar-refractivity contribution in [2.45, 2.75) is 57.9 Å². The molecular formula is C16H27N. The van der Waals surface area contributed by atoms with Gasteiger partial charge in [-0.25, -0.2) is 0 Å². The average molecular weight is 233 g/mol. The fraction of sp³-hybridized carbons (Fsp3) is 0.875. The molecule has 0 aromatic rings. The zero-order valence-electron chi connectivity index (χ0n) is 11.3. The molecule has 4 fully saturated rings. The molecule has 1 heteroatoms. The Morgan fingerprint density at radius 3 is 2.12 bits per heavy atom. The largest absolute Gasteiger partial charge is 0.313 e. The van der Waals surface area contributed by atoms with Gasteiger partial charge in [0.25, 0.3) is 0 Å². The molecule has 0 amide bonds. The Morgan fingerprint density at radius 2 is 1.71 bits per heavy atom. The minimum absolute atomic E-state index is 0.638. The summed E-state index contributed by atoms with van der Waals surface area (Å²) >= 11 is 0. The smallest absolute Gasteiger partial charge is 0.0158 e. The van der Waals surface area contributed by atoms with Gasteiger partial charge in [0.2, 0.25) is 0 Å². The Hall–Kier alpha value is -0.300. The minimum atomic E-state index is 0.638. The molecule has 4 saturated carbocycles. The van der Waals surface area contributed by atoms with Gasteiger partial charge in [0, 0.05) is 6.04 Å². The van der Waals surface area contributed by atoms with Crippen molar-refractivity contribution in [3.63, 3.8) is 0 Å². The van der Waals surface area contributed by atoms with E-state index < -0.39 is 0 Å². The number of hydrogen-bond acceptors (Lipinski definition) is 1. The third-order valence-electron chi connectivity index (χ3n) is 5.68. The van der Waals surface area contributed by atoms with Gasteiger partial charge in [0.15, 0.2) is 0 Å². The molecule has 4 rings (SSSR count). The van der Waals surface area contributed by atoms with E-state index in [-0.39, 0.29) is 0 Å². The second kappa shape index (κ2) is 4.42. The van der Waals surface area contributed by atoms with Crippen LogP contribution in [0.3, 0.4) is 0 Å². The first-order valence-electron chi connectivity index (χ1n) is 7.60. The second-order valence-corrected chi connectivity index (χ2v) is 6.91. The summed E-state index contributed by atoms with van der Waals surface area (Å²) in [6.45, 7) is 7.33. The van der Waals surface area contributed by atoms with Gasteiger partial charge >= 0.3 is 0 Å². The van der Waals surface area contributed by atoms with Gasteiger partial charge in [0.05, 0.1) is 0 Å². The van der Waals surface area contributed by atoms with E-state index in [9.17, 15) is 0 Å². The van der Waals surface area contributed by atoms with Crippen LogP contribution in [0.1, 0.15) is 51.9 Å². The number of rotatable bonds is 5. The third-order valence-corrected chi connectivity index (χ3v) is 5.68. The van der Waals surface area contributed by atoms with Gasteiger partial charge < -0.3 is 5.32 Å². The molecular weight excluding hydrogens is 206 g/mol. The second-order valence-electron chi connectivity index (χ2n) is 6.91. The maximum atomic E-state index is 3.97. The van der Waals surface area contributed by atoms with E-state index in [1.165, 1.54) is 25.7 Å². The highest BCUT2D eigenvalue weighted by Crippen LogP contribution is 2.61. The van der Waals surface area contributed by atoms with Crippen LogP contribution in [0.5, 0.6) is 0 Å². The summed E-state index contributed by atoms with van der Waals surface area (Å²) < 4.78 is 0. The first-order chi connectivity index (χ1) is 8.25. The Kier molecular flexibility index (Phi) is 3.06. The van der Waals surface area contributed by atoms with E-state index in [2.05, 4.69) is 24.9 Å². The van der Waals surface area contributed by atoms with Gasteiger partial charge in [-0.2, -0.15) is 0 Å². The monoisotopic (exact) mass is 233 g/mol. The molecule has 0 aromatic heterocycles. The van der Waals surface area contributed by atoms with Crippen LogP contribution >= 0.6 is 0 Å².